The maximum absolute atomic E-state index is 11.7. The van der Waals surface area contributed by atoms with Gasteiger partial charge in [-0.2, -0.15) is 0 Å². The zero-order chi connectivity index (χ0) is 12.1. The molecule has 1 fully saturated rings. The van der Waals surface area contributed by atoms with Gasteiger partial charge in [-0.15, -0.1) is 0 Å². The monoisotopic (exact) mass is 229 g/mol. The number of rotatable bonds is 4. The van der Waals surface area contributed by atoms with Crippen molar-refractivity contribution in [1.29, 1.82) is 0 Å². The van der Waals surface area contributed by atoms with Gasteiger partial charge in [-0.3, -0.25) is 4.79 Å². The number of methoxy groups -OCH3 is 1. The van der Waals surface area contributed by atoms with Gasteiger partial charge < -0.3 is 15.2 Å². The first kappa shape index (κ1) is 13.5. The van der Waals surface area contributed by atoms with E-state index in [4.69, 9.17) is 15.2 Å². The summed E-state index contributed by atoms with van der Waals surface area (Å²) in [4.78, 5) is 11.7. The summed E-state index contributed by atoms with van der Waals surface area (Å²) in [7, 11) is 1.70. The summed E-state index contributed by atoms with van der Waals surface area (Å²) < 4.78 is 10.7. The number of carbonyl (C=O) groups excluding carboxylic acids is 1. The predicted molar refractivity (Wildman–Crippen MR) is 62.0 cm³/mol. The highest BCUT2D eigenvalue weighted by Gasteiger charge is 2.27. The third-order valence-electron chi connectivity index (χ3n) is 3.18. The topological polar surface area (TPSA) is 61.5 Å². The molecule has 1 saturated carbocycles. The molecular formula is C12H23NO3. The van der Waals surface area contributed by atoms with E-state index >= 15 is 0 Å². The summed E-state index contributed by atoms with van der Waals surface area (Å²) in [6, 6.07) is -0.511. The van der Waals surface area contributed by atoms with Gasteiger partial charge in [0.1, 0.15) is 12.1 Å². The molecule has 0 radical (unpaired) electrons. The van der Waals surface area contributed by atoms with Gasteiger partial charge in [-0.05, 0) is 25.2 Å². The maximum atomic E-state index is 11.7. The summed E-state index contributed by atoms with van der Waals surface area (Å²) in [5.41, 5.74) is 5.74. The SMILES string of the molecule is COC1CCCC(OC(=O)[C@@H](N)C(C)C)C1. The van der Waals surface area contributed by atoms with E-state index < -0.39 is 6.04 Å². The second kappa shape index (κ2) is 6.21. The van der Waals surface area contributed by atoms with Gasteiger partial charge in [0.25, 0.3) is 0 Å². The first-order valence-electron chi connectivity index (χ1n) is 6.03. The van der Waals surface area contributed by atoms with Crippen LogP contribution in [0.1, 0.15) is 39.5 Å². The number of hydrogen-bond donors (Lipinski definition) is 1. The standard InChI is InChI=1S/C12H23NO3/c1-8(2)11(13)12(14)16-10-6-4-5-9(7-10)15-3/h8-11H,4-7,13H2,1-3H3/t9?,10?,11-/m0/s1. The molecule has 2 N–H and O–H groups in total. The molecule has 16 heavy (non-hydrogen) atoms. The molecule has 0 aliphatic heterocycles. The van der Waals surface area contributed by atoms with Gasteiger partial charge >= 0.3 is 5.97 Å². The molecule has 4 nitrogen and oxygen atoms in total. The smallest absolute Gasteiger partial charge is 0.323 e. The molecule has 3 atom stereocenters. The van der Waals surface area contributed by atoms with Gasteiger partial charge in [-0.25, -0.2) is 0 Å². The third kappa shape index (κ3) is 3.76. The summed E-state index contributed by atoms with van der Waals surface area (Å²) in [6.07, 6.45) is 4.04. The van der Waals surface area contributed by atoms with Crippen molar-refractivity contribution in [3.8, 4) is 0 Å². The van der Waals surface area contributed by atoms with E-state index in [1.807, 2.05) is 13.8 Å². The van der Waals surface area contributed by atoms with E-state index in [1.54, 1.807) is 7.11 Å². The van der Waals surface area contributed by atoms with Crippen molar-refractivity contribution >= 4 is 5.97 Å². The van der Waals surface area contributed by atoms with Crippen LogP contribution < -0.4 is 5.73 Å². The highest BCUT2D eigenvalue weighted by molar-refractivity contribution is 5.75. The van der Waals surface area contributed by atoms with E-state index in [-0.39, 0.29) is 24.1 Å². The lowest BCUT2D eigenvalue weighted by atomic mass is 9.94. The molecule has 1 rings (SSSR count). The lowest BCUT2D eigenvalue weighted by Gasteiger charge is -2.29. The Morgan fingerprint density at radius 1 is 1.31 bits per heavy atom. The Bertz CT molecular complexity index is 230. The van der Waals surface area contributed by atoms with E-state index in [2.05, 4.69) is 0 Å². The number of nitrogens with two attached hydrogens (primary N) is 1. The second-order valence-electron chi connectivity index (χ2n) is 4.85. The van der Waals surface area contributed by atoms with Crippen LogP contribution in [0.4, 0.5) is 0 Å². The average molecular weight is 229 g/mol. The van der Waals surface area contributed by atoms with Crippen molar-refractivity contribution in [2.24, 2.45) is 11.7 Å². The molecule has 0 aromatic rings. The molecule has 2 unspecified atom stereocenters. The normalized spacial score (nSPS) is 27.8. The average Bonchev–Trinajstić information content (AvgIpc) is 2.28. The molecular weight excluding hydrogens is 206 g/mol. The molecule has 0 saturated heterocycles. The Morgan fingerprint density at radius 2 is 1.94 bits per heavy atom. The van der Waals surface area contributed by atoms with Gasteiger partial charge in [0.15, 0.2) is 0 Å². The summed E-state index contributed by atoms with van der Waals surface area (Å²) in [5, 5.41) is 0. The maximum Gasteiger partial charge on any atom is 0.323 e. The first-order chi connectivity index (χ1) is 7.54. The molecule has 4 heteroatoms. The van der Waals surface area contributed by atoms with Crippen LogP contribution in [0.25, 0.3) is 0 Å². The molecule has 0 heterocycles. The van der Waals surface area contributed by atoms with Crippen LogP contribution in [0.3, 0.4) is 0 Å². The highest BCUT2D eigenvalue weighted by Crippen LogP contribution is 2.23. The Labute approximate surface area is 97.5 Å². The van der Waals surface area contributed by atoms with Crippen molar-refractivity contribution in [3.63, 3.8) is 0 Å². The minimum Gasteiger partial charge on any atom is -0.461 e. The van der Waals surface area contributed by atoms with Crippen LogP contribution in [0, 0.1) is 5.92 Å². The van der Waals surface area contributed by atoms with E-state index in [9.17, 15) is 4.79 Å². The Hall–Kier alpha value is -0.610. The predicted octanol–water partition coefficient (Wildman–Crippen LogP) is 1.47. The molecule has 0 aromatic heterocycles. The third-order valence-corrected chi connectivity index (χ3v) is 3.18. The van der Waals surface area contributed by atoms with Gasteiger partial charge in [0.05, 0.1) is 6.10 Å². The van der Waals surface area contributed by atoms with E-state index in [0.29, 0.717) is 0 Å². The van der Waals surface area contributed by atoms with Gasteiger partial charge in [0, 0.05) is 13.5 Å². The molecule has 1 aliphatic rings. The molecule has 1 aliphatic carbocycles. The highest BCUT2D eigenvalue weighted by atomic mass is 16.5. The number of ether oxygens (including phenoxy) is 2. The van der Waals surface area contributed by atoms with E-state index in [1.165, 1.54) is 0 Å². The Balaban J connectivity index is 2.38. The van der Waals surface area contributed by atoms with Gasteiger partial charge in [0.2, 0.25) is 0 Å². The van der Waals surface area contributed by atoms with Gasteiger partial charge in [-0.1, -0.05) is 13.8 Å². The van der Waals surface area contributed by atoms with Crippen molar-refractivity contribution in [3.05, 3.63) is 0 Å². The summed E-state index contributed by atoms with van der Waals surface area (Å²) in [5.74, 6) is -0.161. The number of carbonyl (C=O) groups is 1. The number of esters is 1. The lowest BCUT2D eigenvalue weighted by Crippen LogP contribution is -2.40. The summed E-state index contributed by atoms with van der Waals surface area (Å²) in [6.45, 7) is 3.84. The fourth-order valence-corrected chi connectivity index (χ4v) is 1.94. The minimum absolute atomic E-state index is 0.0176. The summed E-state index contributed by atoms with van der Waals surface area (Å²) >= 11 is 0. The Kier molecular flexibility index (Phi) is 5.22. The lowest BCUT2D eigenvalue weighted by molar-refractivity contribution is -0.155. The second-order valence-corrected chi connectivity index (χ2v) is 4.85. The molecule has 0 aromatic carbocycles. The van der Waals surface area contributed by atoms with Crippen LogP contribution in [-0.4, -0.2) is 31.3 Å². The van der Waals surface area contributed by atoms with Crippen LogP contribution in [0.2, 0.25) is 0 Å². The van der Waals surface area contributed by atoms with Crippen molar-refractivity contribution in [2.45, 2.75) is 57.8 Å². The van der Waals surface area contributed by atoms with Crippen molar-refractivity contribution in [1.82, 2.24) is 0 Å². The van der Waals surface area contributed by atoms with Crippen LogP contribution in [0.15, 0.2) is 0 Å². The van der Waals surface area contributed by atoms with E-state index in [0.717, 1.165) is 25.7 Å². The first-order valence-corrected chi connectivity index (χ1v) is 6.03. The largest absolute Gasteiger partial charge is 0.461 e. The molecule has 0 amide bonds. The zero-order valence-electron chi connectivity index (χ0n) is 10.4. The molecule has 0 spiro atoms. The van der Waals surface area contributed by atoms with Crippen LogP contribution in [0.5, 0.6) is 0 Å². The molecule has 94 valence electrons. The van der Waals surface area contributed by atoms with Crippen LogP contribution >= 0.6 is 0 Å². The minimum atomic E-state index is -0.511. The molecule has 0 bridgehead atoms. The quantitative estimate of drug-likeness (QED) is 0.742. The number of hydrogen-bond acceptors (Lipinski definition) is 4. The fraction of sp³-hybridized carbons (Fsp3) is 0.917. The zero-order valence-corrected chi connectivity index (χ0v) is 10.4. The van der Waals surface area contributed by atoms with Crippen LogP contribution in [-0.2, 0) is 14.3 Å². The van der Waals surface area contributed by atoms with Crippen molar-refractivity contribution in [2.75, 3.05) is 7.11 Å². The van der Waals surface area contributed by atoms with Crippen molar-refractivity contribution < 1.29 is 14.3 Å². The fourth-order valence-electron chi connectivity index (χ4n) is 1.94. The Morgan fingerprint density at radius 3 is 2.50 bits per heavy atom.